The van der Waals surface area contributed by atoms with Crippen LogP contribution in [0.25, 0.3) is 0 Å². The molecule has 1 aliphatic heterocycles. The molecule has 0 aliphatic carbocycles. The fourth-order valence-electron chi connectivity index (χ4n) is 4.39. The van der Waals surface area contributed by atoms with E-state index in [-0.39, 0.29) is 58.7 Å². The molecule has 17 heteroatoms. The molecule has 2 unspecified atom stereocenters. The smallest absolute Gasteiger partial charge is 0.330 e. The normalized spacial score (nSPS) is 17.0. The third kappa shape index (κ3) is 26.2. The van der Waals surface area contributed by atoms with Crippen molar-refractivity contribution >= 4 is 47.8 Å². The number of unbranched alkanes of at least 4 members (excludes halogenated alkanes) is 4. The lowest BCUT2D eigenvalue weighted by atomic mass is 10.00. The molecule has 0 aromatic carbocycles. The van der Waals surface area contributed by atoms with E-state index in [1.165, 1.54) is 0 Å². The van der Waals surface area contributed by atoms with Crippen LogP contribution in [0, 0.1) is 0 Å². The van der Waals surface area contributed by atoms with Crippen LogP contribution in [0.15, 0.2) is 50.6 Å². The summed E-state index contributed by atoms with van der Waals surface area (Å²) in [7, 11) is 0. The summed E-state index contributed by atoms with van der Waals surface area (Å²) < 4.78 is 41.8. The van der Waals surface area contributed by atoms with Crippen LogP contribution in [0.1, 0.15) is 84.0 Å². The van der Waals surface area contributed by atoms with E-state index in [9.17, 15) is 38.4 Å². The van der Waals surface area contributed by atoms with Crippen LogP contribution in [0.2, 0.25) is 0 Å². The second kappa shape index (κ2) is 31.1. The monoisotopic (exact) mass is 782 g/mol. The van der Waals surface area contributed by atoms with Gasteiger partial charge in [0.05, 0.1) is 39.1 Å². The van der Waals surface area contributed by atoms with E-state index in [0.717, 1.165) is 24.3 Å². The fraction of sp³-hybridized carbons (Fsp3) is 0.579. The predicted molar refractivity (Wildman–Crippen MR) is 193 cm³/mol. The molecule has 1 saturated heterocycles. The molecule has 1 rings (SSSR count). The quantitative estimate of drug-likeness (QED) is 0.0540. The highest BCUT2D eigenvalue weighted by molar-refractivity contribution is 5.82. The molecule has 0 spiro atoms. The Balaban J connectivity index is 0.00000207. The van der Waals surface area contributed by atoms with Crippen molar-refractivity contribution in [3.8, 4) is 0 Å². The Hall–Kier alpha value is -5.32. The van der Waals surface area contributed by atoms with Crippen LogP contribution in [-0.2, 0) is 76.3 Å². The third-order valence-corrected chi connectivity index (χ3v) is 7.25. The summed E-state index contributed by atoms with van der Waals surface area (Å²) in [6.07, 6.45) is 3.81. The maximum Gasteiger partial charge on any atom is 0.330 e. The highest BCUT2D eigenvalue weighted by atomic mass is 16.6. The van der Waals surface area contributed by atoms with Gasteiger partial charge in [-0.2, -0.15) is 0 Å². The van der Waals surface area contributed by atoms with Crippen LogP contribution in [-0.4, -0.2) is 110 Å². The predicted octanol–water partition coefficient (Wildman–Crippen LogP) is 3.81. The van der Waals surface area contributed by atoms with Crippen molar-refractivity contribution in [2.24, 2.45) is 0 Å². The topological polar surface area (TPSA) is 231 Å². The number of aliphatic carboxylic acids is 1. The van der Waals surface area contributed by atoms with Gasteiger partial charge < -0.3 is 43.0 Å². The summed E-state index contributed by atoms with van der Waals surface area (Å²) in [5, 5.41) is 8.24. The molecule has 0 bridgehead atoms. The Bertz CT molecular complexity index is 1290. The molecule has 4 atom stereocenters. The minimum atomic E-state index is -1.13. The van der Waals surface area contributed by atoms with Crippen molar-refractivity contribution < 1.29 is 81.4 Å². The number of carboxylic acid groups (broad SMARTS) is 1. The van der Waals surface area contributed by atoms with Crippen LogP contribution in [0.3, 0.4) is 0 Å². The summed E-state index contributed by atoms with van der Waals surface area (Å²) in [6, 6.07) is 0. The third-order valence-electron chi connectivity index (χ3n) is 7.25. The summed E-state index contributed by atoms with van der Waals surface area (Å²) >= 11 is 0. The molecule has 0 radical (unpaired) electrons. The van der Waals surface area contributed by atoms with Crippen LogP contribution in [0.4, 0.5) is 0 Å². The second-order valence-electron chi connectivity index (χ2n) is 11.7. The van der Waals surface area contributed by atoms with E-state index in [1.807, 2.05) is 0 Å². The molecular formula is C38H54O17. The summed E-state index contributed by atoms with van der Waals surface area (Å²) in [5.41, 5.74) is 0. The van der Waals surface area contributed by atoms with Crippen molar-refractivity contribution in [1.82, 2.24) is 0 Å². The second-order valence-corrected chi connectivity index (χ2v) is 11.7. The van der Waals surface area contributed by atoms with Crippen LogP contribution >= 0.6 is 0 Å². The molecule has 0 aromatic heterocycles. The van der Waals surface area contributed by atoms with Gasteiger partial charge in [0.2, 0.25) is 0 Å². The Morgan fingerprint density at radius 3 is 1.20 bits per heavy atom. The number of carbonyl (C=O) groups excluding carboxylic acids is 7. The molecule has 17 nitrogen and oxygen atoms in total. The van der Waals surface area contributed by atoms with Gasteiger partial charge in [0.15, 0.2) is 18.3 Å². The first-order valence-electron chi connectivity index (χ1n) is 17.9. The molecule has 1 heterocycles. The van der Waals surface area contributed by atoms with Gasteiger partial charge in [-0.05, 0) is 58.3 Å². The standard InChI is InChI=1S/C30H42O13.C8H12O4/c1-5-23(31)37-17-11-8-14-26(34)41-22-20-40-21(4)29(42-27(35)15-9-12-18-38-24(32)6-2)30(22)43-28(36)16-10-13-19-39-25(33)7-3;1-2-8(11)12-6-4-3-5-7(9)10/h5-7,21-22,29-30H,1-3,8-20H2,4H3;2H,1,3-6H2,(H,9,10)/t21?,22-,29+,30?;/m1./s1. The van der Waals surface area contributed by atoms with E-state index in [0.29, 0.717) is 51.4 Å². The largest absolute Gasteiger partial charge is 0.481 e. The molecule has 1 aliphatic rings. The zero-order valence-electron chi connectivity index (χ0n) is 31.4. The maximum absolute atomic E-state index is 12.7. The lowest BCUT2D eigenvalue weighted by molar-refractivity contribution is -0.225. The number of hydrogen-bond acceptors (Lipinski definition) is 16. The molecule has 55 heavy (non-hydrogen) atoms. The zero-order valence-corrected chi connectivity index (χ0v) is 31.4. The van der Waals surface area contributed by atoms with E-state index in [1.54, 1.807) is 6.92 Å². The molecule has 1 N–H and O–H groups in total. The minimum Gasteiger partial charge on any atom is -0.481 e. The average molecular weight is 783 g/mol. The summed E-state index contributed by atoms with van der Waals surface area (Å²) in [4.78, 5) is 91.8. The van der Waals surface area contributed by atoms with Crippen molar-refractivity contribution in [3.63, 3.8) is 0 Å². The highest BCUT2D eigenvalue weighted by Crippen LogP contribution is 2.25. The van der Waals surface area contributed by atoms with Crippen molar-refractivity contribution in [1.29, 1.82) is 0 Å². The first-order valence-corrected chi connectivity index (χ1v) is 17.9. The highest BCUT2D eigenvalue weighted by Gasteiger charge is 2.45. The number of hydrogen-bond donors (Lipinski definition) is 1. The van der Waals surface area contributed by atoms with E-state index in [4.69, 9.17) is 38.3 Å². The Morgan fingerprint density at radius 1 is 0.527 bits per heavy atom. The molecule has 308 valence electrons. The van der Waals surface area contributed by atoms with Gasteiger partial charge in [-0.1, -0.05) is 26.3 Å². The average Bonchev–Trinajstić information content (AvgIpc) is 3.16. The van der Waals surface area contributed by atoms with E-state index < -0.39 is 72.2 Å². The first-order chi connectivity index (χ1) is 26.3. The van der Waals surface area contributed by atoms with Gasteiger partial charge in [-0.15, -0.1) is 0 Å². The van der Waals surface area contributed by atoms with E-state index in [2.05, 4.69) is 31.1 Å². The lowest BCUT2D eigenvalue weighted by Crippen LogP contribution is -2.56. The van der Waals surface area contributed by atoms with Gasteiger partial charge in [0.25, 0.3) is 0 Å². The van der Waals surface area contributed by atoms with Crippen molar-refractivity contribution in [3.05, 3.63) is 50.6 Å². The number of carboxylic acids is 1. The van der Waals surface area contributed by atoms with Gasteiger partial charge in [0.1, 0.15) is 0 Å². The lowest BCUT2D eigenvalue weighted by Gasteiger charge is -2.39. The van der Waals surface area contributed by atoms with Gasteiger partial charge in [-0.3, -0.25) is 19.2 Å². The van der Waals surface area contributed by atoms with Crippen LogP contribution in [0.5, 0.6) is 0 Å². The summed E-state index contributed by atoms with van der Waals surface area (Å²) in [5.74, 6) is -4.79. The number of rotatable bonds is 27. The maximum atomic E-state index is 12.7. The molecule has 0 amide bonds. The van der Waals surface area contributed by atoms with Gasteiger partial charge in [0, 0.05) is 50.0 Å². The SMILES string of the molecule is C=CC(=O)OCCCCC(=O)O.C=CC(=O)OCCCCC(=O)OC1[C@@H](OC(=O)CCCCOC(=O)C=C)C(C)OC[C@H]1OC(=O)CCCCOC(=O)C=C. The molecule has 0 saturated carbocycles. The zero-order chi connectivity index (χ0) is 41.4. The fourth-order valence-corrected chi connectivity index (χ4v) is 4.39. The number of esters is 7. The van der Waals surface area contributed by atoms with Crippen molar-refractivity contribution in [2.45, 2.75) is 108 Å². The Labute approximate surface area is 320 Å². The van der Waals surface area contributed by atoms with Crippen LogP contribution < -0.4 is 0 Å². The van der Waals surface area contributed by atoms with E-state index >= 15 is 0 Å². The Morgan fingerprint density at radius 2 is 0.855 bits per heavy atom. The molecule has 1 fully saturated rings. The molecule has 0 aromatic rings. The number of carbonyl (C=O) groups is 8. The molecular weight excluding hydrogens is 728 g/mol. The van der Waals surface area contributed by atoms with Crippen molar-refractivity contribution in [2.75, 3.05) is 33.0 Å². The Kier molecular flexibility index (Phi) is 28.1. The minimum absolute atomic E-state index is 0.000162. The van der Waals surface area contributed by atoms with Gasteiger partial charge in [-0.25, -0.2) is 19.2 Å². The summed E-state index contributed by atoms with van der Waals surface area (Å²) in [6.45, 7) is 15.3. The van der Waals surface area contributed by atoms with Gasteiger partial charge >= 0.3 is 47.8 Å². The first kappa shape index (κ1) is 49.7. The number of ether oxygens (including phenoxy) is 8.